The number of ketones is 1. The van der Waals surface area contributed by atoms with E-state index in [2.05, 4.69) is 9.99 Å². The average Bonchev–Trinajstić information content (AvgIpc) is 2.39. The molecule has 0 N–H and O–H groups in total. The second-order valence-corrected chi connectivity index (χ2v) is 3.44. The maximum absolute atomic E-state index is 12.1. The fraction of sp³-hybridized carbons (Fsp3) is 0.231. The van der Waals surface area contributed by atoms with Crippen molar-refractivity contribution in [1.82, 2.24) is 0 Å². The summed E-state index contributed by atoms with van der Waals surface area (Å²) in [5.74, 6) is -2.33. The van der Waals surface area contributed by atoms with E-state index in [1.54, 1.807) is 25.1 Å². The van der Waals surface area contributed by atoms with Crippen molar-refractivity contribution in [2.24, 2.45) is 5.16 Å². The Bertz CT molecular complexity index is 507. The highest BCUT2D eigenvalue weighted by molar-refractivity contribution is 6.67. The lowest BCUT2D eigenvalue weighted by Crippen LogP contribution is -2.27. The highest BCUT2D eigenvalue weighted by Gasteiger charge is 2.24. The largest absolute Gasteiger partial charge is 0.461 e. The zero-order valence-electron chi connectivity index (χ0n) is 10.6. The summed E-state index contributed by atoms with van der Waals surface area (Å²) >= 11 is 0. The third kappa shape index (κ3) is 4.34. The quantitative estimate of drug-likeness (QED) is 0.200. The molecule has 0 bridgehead atoms. The molecule has 0 fully saturated rings. The van der Waals surface area contributed by atoms with Gasteiger partial charge in [0.1, 0.15) is 0 Å². The molecule has 0 saturated heterocycles. The van der Waals surface area contributed by atoms with Crippen molar-refractivity contribution in [3.63, 3.8) is 0 Å². The van der Waals surface area contributed by atoms with Crippen LogP contribution in [-0.2, 0) is 19.2 Å². The van der Waals surface area contributed by atoms with Crippen LogP contribution in [0.1, 0.15) is 24.2 Å². The predicted molar refractivity (Wildman–Crippen MR) is 66.6 cm³/mol. The highest BCUT2D eigenvalue weighted by Crippen LogP contribution is 2.03. The van der Waals surface area contributed by atoms with Crippen molar-refractivity contribution in [1.29, 1.82) is 0 Å². The van der Waals surface area contributed by atoms with E-state index in [1.807, 2.05) is 0 Å². The summed E-state index contributed by atoms with van der Waals surface area (Å²) in [4.78, 5) is 38.7. The minimum atomic E-state index is -0.933. The van der Waals surface area contributed by atoms with E-state index in [1.165, 1.54) is 12.1 Å². The lowest BCUT2D eigenvalue weighted by molar-refractivity contribution is -0.141. The zero-order valence-corrected chi connectivity index (χ0v) is 10.6. The molecule has 0 amide bonds. The minimum Gasteiger partial charge on any atom is -0.461 e. The van der Waals surface area contributed by atoms with Gasteiger partial charge < -0.3 is 9.57 Å². The van der Waals surface area contributed by atoms with Gasteiger partial charge in [0.05, 0.1) is 6.61 Å². The van der Waals surface area contributed by atoms with Crippen LogP contribution in [0, 0.1) is 0 Å². The van der Waals surface area contributed by atoms with Gasteiger partial charge in [0.25, 0.3) is 0 Å². The molecule has 0 aliphatic rings. The van der Waals surface area contributed by atoms with Crippen molar-refractivity contribution in [3.05, 3.63) is 35.9 Å². The van der Waals surface area contributed by atoms with Crippen molar-refractivity contribution in [3.8, 4) is 0 Å². The summed E-state index contributed by atoms with van der Waals surface area (Å²) in [6, 6.07) is 8.05. The summed E-state index contributed by atoms with van der Waals surface area (Å²) < 4.78 is 4.70. The van der Waals surface area contributed by atoms with Gasteiger partial charge in [-0.3, -0.25) is 4.79 Å². The molecular formula is C13H13NO5. The Morgan fingerprint density at radius 3 is 2.32 bits per heavy atom. The third-order valence-electron chi connectivity index (χ3n) is 1.99. The van der Waals surface area contributed by atoms with E-state index in [4.69, 9.17) is 4.74 Å². The fourth-order valence-corrected chi connectivity index (χ4v) is 1.21. The van der Waals surface area contributed by atoms with Gasteiger partial charge in [-0.15, -0.1) is 0 Å². The molecule has 0 atom stereocenters. The Balaban J connectivity index is 3.03. The summed E-state index contributed by atoms with van der Waals surface area (Å²) in [5.41, 5.74) is -0.315. The average molecular weight is 263 g/mol. The topological polar surface area (TPSA) is 82.0 Å². The molecule has 100 valence electrons. The van der Waals surface area contributed by atoms with Gasteiger partial charge in [-0.25, -0.2) is 9.59 Å². The smallest absolute Gasteiger partial charge is 0.364 e. The Hall–Kier alpha value is -2.50. The molecule has 0 aromatic heterocycles. The molecule has 0 aliphatic carbocycles. The number of carbonyl (C=O) groups excluding carboxylic acids is 3. The van der Waals surface area contributed by atoms with Gasteiger partial charge in [-0.1, -0.05) is 35.5 Å². The number of hydrogen-bond donors (Lipinski definition) is 0. The number of oxime groups is 1. The van der Waals surface area contributed by atoms with Crippen molar-refractivity contribution in [2.45, 2.75) is 13.8 Å². The number of Topliss-reactive ketones (excluding diaryl/α,β-unsaturated/α-hetero) is 1. The van der Waals surface area contributed by atoms with Crippen LogP contribution in [0.3, 0.4) is 0 Å². The van der Waals surface area contributed by atoms with E-state index in [-0.39, 0.29) is 12.2 Å². The Morgan fingerprint density at radius 2 is 1.79 bits per heavy atom. The predicted octanol–water partition coefficient (Wildman–Crippen LogP) is 1.35. The second kappa shape index (κ2) is 7.05. The van der Waals surface area contributed by atoms with Crippen LogP contribution < -0.4 is 0 Å². The maximum atomic E-state index is 12.1. The van der Waals surface area contributed by atoms with E-state index in [0.717, 1.165) is 6.92 Å². The number of nitrogens with zero attached hydrogens (tertiary/aromatic N) is 1. The van der Waals surface area contributed by atoms with Crippen LogP contribution in [-0.4, -0.2) is 30.0 Å². The Kier molecular flexibility index (Phi) is 5.40. The number of benzene rings is 1. The molecule has 0 saturated carbocycles. The van der Waals surface area contributed by atoms with Gasteiger partial charge in [0, 0.05) is 12.5 Å². The van der Waals surface area contributed by atoms with Gasteiger partial charge in [0.2, 0.25) is 11.5 Å². The number of rotatable bonds is 5. The Morgan fingerprint density at radius 1 is 1.16 bits per heavy atom. The first kappa shape index (κ1) is 14.6. The van der Waals surface area contributed by atoms with Crippen LogP contribution >= 0.6 is 0 Å². The molecule has 1 aromatic rings. The fourth-order valence-electron chi connectivity index (χ4n) is 1.21. The summed E-state index contributed by atoms with van der Waals surface area (Å²) in [5, 5.41) is 3.26. The molecule has 1 rings (SSSR count). The van der Waals surface area contributed by atoms with E-state index < -0.39 is 23.4 Å². The summed E-state index contributed by atoms with van der Waals surface area (Å²) in [6.45, 7) is 2.79. The number of hydrogen-bond acceptors (Lipinski definition) is 6. The normalized spacial score (nSPS) is 10.7. The van der Waals surface area contributed by atoms with E-state index in [0.29, 0.717) is 0 Å². The van der Waals surface area contributed by atoms with Crippen LogP contribution in [0.2, 0.25) is 0 Å². The van der Waals surface area contributed by atoms with Gasteiger partial charge in [-0.05, 0) is 6.92 Å². The lowest BCUT2D eigenvalue weighted by atomic mass is 10.1. The molecule has 19 heavy (non-hydrogen) atoms. The Labute approximate surface area is 110 Å². The third-order valence-corrected chi connectivity index (χ3v) is 1.99. The second-order valence-electron chi connectivity index (χ2n) is 3.44. The lowest BCUT2D eigenvalue weighted by Gasteiger charge is -2.04. The van der Waals surface area contributed by atoms with E-state index in [9.17, 15) is 14.4 Å². The summed E-state index contributed by atoms with van der Waals surface area (Å²) in [7, 11) is 0. The van der Waals surface area contributed by atoms with Crippen molar-refractivity contribution < 1.29 is 24.0 Å². The molecule has 1 aromatic carbocycles. The first-order chi connectivity index (χ1) is 9.06. The first-order valence-electron chi connectivity index (χ1n) is 5.58. The molecule has 0 heterocycles. The number of ether oxygens (including phenoxy) is 1. The molecule has 0 aliphatic heterocycles. The highest BCUT2D eigenvalue weighted by atomic mass is 16.7. The molecule has 6 heteroatoms. The van der Waals surface area contributed by atoms with Crippen LogP contribution in [0.15, 0.2) is 35.5 Å². The monoisotopic (exact) mass is 263 g/mol. The van der Waals surface area contributed by atoms with Crippen LogP contribution in [0.25, 0.3) is 0 Å². The number of carbonyl (C=O) groups is 3. The standard InChI is InChI=1S/C13H13NO5/c1-3-18-13(17)11(14-19-9(2)15)12(16)10-7-5-4-6-8-10/h4-8H,3H2,1-2H3. The molecule has 6 nitrogen and oxygen atoms in total. The molecule has 0 spiro atoms. The van der Waals surface area contributed by atoms with Crippen molar-refractivity contribution in [2.75, 3.05) is 6.61 Å². The maximum Gasteiger partial charge on any atom is 0.364 e. The van der Waals surface area contributed by atoms with Gasteiger partial charge in [0.15, 0.2) is 0 Å². The SMILES string of the molecule is CCOC(=O)C(=NOC(C)=O)C(=O)c1ccccc1. The molecular weight excluding hydrogens is 250 g/mol. The number of esters is 1. The van der Waals surface area contributed by atoms with E-state index >= 15 is 0 Å². The summed E-state index contributed by atoms with van der Waals surface area (Å²) in [6.07, 6.45) is 0. The molecule has 0 unspecified atom stereocenters. The minimum absolute atomic E-state index is 0.0833. The van der Waals surface area contributed by atoms with Crippen LogP contribution in [0.5, 0.6) is 0 Å². The van der Waals surface area contributed by atoms with Crippen LogP contribution in [0.4, 0.5) is 0 Å². The van der Waals surface area contributed by atoms with Gasteiger partial charge >= 0.3 is 11.9 Å². The van der Waals surface area contributed by atoms with Crippen molar-refractivity contribution >= 4 is 23.4 Å². The van der Waals surface area contributed by atoms with Gasteiger partial charge in [-0.2, -0.15) is 0 Å². The molecule has 0 radical (unpaired) electrons. The zero-order chi connectivity index (χ0) is 14.3. The first-order valence-corrected chi connectivity index (χ1v) is 5.58.